The molecule has 0 spiro atoms. The van der Waals surface area contributed by atoms with Crippen LogP contribution >= 0.6 is 23.2 Å². The third-order valence-electron chi connectivity index (χ3n) is 7.30. The standard InChI is InChI=1S/C30H28Cl2O4/c1-29(19-3-9-23(33)10-4-19,20-5-11-24(34)12-6-20)15-16-30(2,21-7-13-27(35)25(31)17-21)22-8-14-28(36)26(32)18-22/h3-14,17-18,33-36H,15-16H2,1-2H3. The smallest absolute Gasteiger partial charge is 0.134 e. The van der Waals surface area contributed by atoms with Crippen molar-refractivity contribution < 1.29 is 20.4 Å². The van der Waals surface area contributed by atoms with Gasteiger partial charge in [0.2, 0.25) is 0 Å². The Hall–Kier alpha value is -3.34. The van der Waals surface area contributed by atoms with Gasteiger partial charge in [0.15, 0.2) is 0 Å². The second-order valence-corrected chi connectivity index (χ2v) is 10.4. The van der Waals surface area contributed by atoms with Crippen molar-refractivity contribution in [2.45, 2.75) is 37.5 Å². The van der Waals surface area contributed by atoms with E-state index < -0.39 is 10.8 Å². The molecule has 4 rings (SSSR count). The summed E-state index contributed by atoms with van der Waals surface area (Å²) in [6.07, 6.45) is 1.32. The Morgan fingerprint density at radius 1 is 0.500 bits per heavy atom. The predicted molar refractivity (Wildman–Crippen MR) is 145 cm³/mol. The van der Waals surface area contributed by atoms with Crippen molar-refractivity contribution in [3.05, 3.63) is 117 Å². The van der Waals surface area contributed by atoms with Crippen molar-refractivity contribution in [1.82, 2.24) is 0 Å². The van der Waals surface area contributed by atoms with E-state index in [0.29, 0.717) is 12.8 Å². The Morgan fingerprint density at radius 3 is 1.14 bits per heavy atom. The van der Waals surface area contributed by atoms with E-state index in [1.807, 2.05) is 36.4 Å². The van der Waals surface area contributed by atoms with Crippen LogP contribution in [-0.4, -0.2) is 20.4 Å². The molecule has 0 unspecified atom stereocenters. The molecule has 0 amide bonds. The first-order valence-electron chi connectivity index (χ1n) is 11.6. The van der Waals surface area contributed by atoms with Crippen LogP contribution in [0.2, 0.25) is 10.0 Å². The Morgan fingerprint density at radius 2 is 0.806 bits per heavy atom. The Balaban J connectivity index is 1.83. The molecule has 36 heavy (non-hydrogen) atoms. The maximum Gasteiger partial charge on any atom is 0.134 e. The molecule has 0 radical (unpaired) electrons. The molecule has 0 saturated carbocycles. The van der Waals surface area contributed by atoms with Gasteiger partial charge in [0, 0.05) is 10.8 Å². The number of rotatable bonds is 7. The summed E-state index contributed by atoms with van der Waals surface area (Å²) >= 11 is 12.6. The van der Waals surface area contributed by atoms with Crippen molar-refractivity contribution in [2.75, 3.05) is 0 Å². The highest BCUT2D eigenvalue weighted by Crippen LogP contribution is 2.46. The molecule has 4 N–H and O–H groups in total. The maximum atomic E-state index is 10.0. The highest BCUT2D eigenvalue weighted by molar-refractivity contribution is 6.32. The average molecular weight is 523 g/mol. The zero-order valence-corrected chi connectivity index (χ0v) is 21.6. The monoisotopic (exact) mass is 522 g/mol. The molecule has 0 atom stereocenters. The molecule has 0 fully saturated rings. The summed E-state index contributed by atoms with van der Waals surface area (Å²) in [5, 5.41) is 40.3. The van der Waals surface area contributed by atoms with Crippen LogP contribution in [0, 0.1) is 0 Å². The number of hydrogen-bond acceptors (Lipinski definition) is 4. The molecular weight excluding hydrogens is 495 g/mol. The number of phenols is 4. The summed E-state index contributed by atoms with van der Waals surface area (Å²) in [6.45, 7) is 4.23. The first-order chi connectivity index (χ1) is 17.0. The van der Waals surface area contributed by atoms with Gasteiger partial charge in [-0.15, -0.1) is 0 Å². The lowest BCUT2D eigenvalue weighted by atomic mass is 9.66. The second kappa shape index (κ2) is 9.96. The van der Waals surface area contributed by atoms with Crippen molar-refractivity contribution >= 4 is 23.2 Å². The van der Waals surface area contributed by atoms with E-state index in [0.717, 1.165) is 22.3 Å². The highest BCUT2D eigenvalue weighted by atomic mass is 35.5. The zero-order valence-electron chi connectivity index (χ0n) is 20.0. The summed E-state index contributed by atoms with van der Waals surface area (Å²) in [5.74, 6) is 0.386. The first kappa shape index (κ1) is 25.7. The molecule has 0 bridgehead atoms. The Kier molecular flexibility index (Phi) is 7.12. The van der Waals surface area contributed by atoms with E-state index in [-0.39, 0.29) is 33.0 Å². The van der Waals surface area contributed by atoms with Gasteiger partial charge in [-0.1, -0.05) is 73.4 Å². The zero-order chi connectivity index (χ0) is 26.1. The Bertz CT molecular complexity index is 1270. The molecule has 0 aromatic heterocycles. The highest BCUT2D eigenvalue weighted by Gasteiger charge is 2.36. The molecule has 0 aliphatic rings. The van der Waals surface area contributed by atoms with E-state index in [9.17, 15) is 20.4 Å². The Labute approximate surface area is 221 Å². The van der Waals surface area contributed by atoms with E-state index in [1.165, 1.54) is 0 Å². The molecule has 6 heteroatoms. The van der Waals surface area contributed by atoms with Gasteiger partial charge < -0.3 is 20.4 Å². The lowest BCUT2D eigenvalue weighted by molar-refractivity contribution is 0.410. The van der Waals surface area contributed by atoms with Crippen LogP contribution in [0.25, 0.3) is 0 Å². The van der Waals surface area contributed by atoms with Crippen molar-refractivity contribution in [3.63, 3.8) is 0 Å². The van der Waals surface area contributed by atoms with E-state index in [4.69, 9.17) is 23.2 Å². The van der Waals surface area contributed by atoms with E-state index in [2.05, 4.69) is 13.8 Å². The molecule has 0 saturated heterocycles. The maximum absolute atomic E-state index is 10.0. The predicted octanol–water partition coefficient (Wildman–Crippen LogP) is 7.91. The van der Waals surface area contributed by atoms with Gasteiger partial charge in [0.05, 0.1) is 10.0 Å². The summed E-state index contributed by atoms with van der Waals surface area (Å²) in [6, 6.07) is 24.7. The van der Waals surface area contributed by atoms with Crippen LogP contribution < -0.4 is 0 Å². The molecule has 0 heterocycles. The summed E-state index contributed by atoms with van der Waals surface area (Å²) in [4.78, 5) is 0. The van der Waals surface area contributed by atoms with Gasteiger partial charge in [-0.25, -0.2) is 0 Å². The molecule has 0 aliphatic carbocycles. The van der Waals surface area contributed by atoms with E-state index in [1.54, 1.807) is 48.5 Å². The van der Waals surface area contributed by atoms with E-state index >= 15 is 0 Å². The third-order valence-corrected chi connectivity index (χ3v) is 7.91. The topological polar surface area (TPSA) is 80.9 Å². The molecule has 4 nitrogen and oxygen atoms in total. The van der Waals surface area contributed by atoms with Crippen LogP contribution in [0.1, 0.15) is 48.9 Å². The molecule has 0 aliphatic heterocycles. The van der Waals surface area contributed by atoms with Crippen molar-refractivity contribution in [1.29, 1.82) is 0 Å². The van der Waals surface area contributed by atoms with Crippen molar-refractivity contribution in [3.8, 4) is 23.0 Å². The number of hydrogen-bond donors (Lipinski definition) is 4. The molecule has 4 aromatic rings. The van der Waals surface area contributed by atoms with Gasteiger partial charge in [0.25, 0.3) is 0 Å². The van der Waals surface area contributed by atoms with Gasteiger partial charge in [0.1, 0.15) is 23.0 Å². The van der Waals surface area contributed by atoms with Crippen LogP contribution in [0.3, 0.4) is 0 Å². The van der Waals surface area contributed by atoms with Crippen LogP contribution in [-0.2, 0) is 10.8 Å². The quantitative estimate of drug-likeness (QED) is 0.198. The average Bonchev–Trinajstić information content (AvgIpc) is 2.86. The number of benzene rings is 4. The summed E-state index contributed by atoms with van der Waals surface area (Å²) in [5.41, 5.74) is 2.77. The minimum atomic E-state index is -0.580. The van der Waals surface area contributed by atoms with Gasteiger partial charge in [-0.3, -0.25) is 0 Å². The van der Waals surface area contributed by atoms with Crippen LogP contribution in [0.15, 0.2) is 84.9 Å². The number of aromatic hydroxyl groups is 4. The number of phenolic OH excluding ortho intramolecular Hbond substituents is 4. The molecule has 4 aromatic carbocycles. The van der Waals surface area contributed by atoms with Gasteiger partial charge in [-0.2, -0.15) is 0 Å². The summed E-state index contributed by atoms with van der Waals surface area (Å²) < 4.78 is 0. The fraction of sp³-hybridized carbons (Fsp3) is 0.200. The summed E-state index contributed by atoms with van der Waals surface area (Å²) in [7, 11) is 0. The van der Waals surface area contributed by atoms with Crippen LogP contribution in [0.5, 0.6) is 23.0 Å². The largest absolute Gasteiger partial charge is 0.508 e. The first-order valence-corrected chi connectivity index (χ1v) is 12.4. The van der Waals surface area contributed by atoms with Gasteiger partial charge >= 0.3 is 0 Å². The lowest BCUT2D eigenvalue weighted by Crippen LogP contribution is -2.30. The fourth-order valence-corrected chi connectivity index (χ4v) is 5.13. The number of halogens is 2. The minimum absolute atomic E-state index is 0.00419. The third kappa shape index (κ3) is 4.97. The minimum Gasteiger partial charge on any atom is -0.508 e. The van der Waals surface area contributed by atoms with Gasteiger partial charge in [-0.05, 0) is 83.6 Å². The fourth-order valence-electron chi connectivity index (χ4n) is 4.77. The molecule has 186 valence electrons. The normalized spacial score (nSPS) is 12.0. The molecular formula is C30H28Cl2O4. The SMILES string of the molecule is CC(CCC(C)(c1ccc(O)c(Cl)c1)c1ccc(O)c(Cl)c1)(c1ccc(O)cc1)c1ccc(O)cc1. The van der Waals surface area contributed by atoms with Crippen molar-refractivity contribution in [2.24, 2.45) is 0 Å². The van der Waals surface area contributed by atoms with Crippen LogP contribution in [0.4, 0.5) is 0 Å². The second-order valence-electron chi connectivity index (χ2n) is 9.59. The lowest BCUT2D eigenvalue weighted by Gasteiger charge is -2.38.